The number of benzene rings is 1. The number of imidazole rings is 1. The van der Waals surface area contributed by atoms with Gasteiger partial charge in [0.1, 0.15) is 27.9 Å². The van der Waals surface area contributed by atoms with E-state index in [9.17, 15) is 13.2 Å². The topological polar surface area (TPSA) is 103 Å². The summed E-state index contributed by atoms with van der Waals surface area (Å²) < 4.78 is 55.8. The zero-order chi connectivity index (χ0) is 26.4. The van der Waals surface area contributed by atoms with Crippen LogP contribution in [0.15, 0.2) is 49.2 Å². The summed E-state index contributed by atoms with van der Waals surface area (Å²) in [6, 6.07) is 3.51. The lowest BCUT2D eigenvalue weighted by molar-refractivity contribution is -0.137. The highest BCUT2D eigenvalue weighted by atomic mass is 35.5. The van der Waals surface area contributed by atoms with E-state index in [-0.39, 0.29) is 39.9 Å². The van der Waals surface area contributed by atoms with Crippen molar-refractivity contribution in [2.24, 2.45) is 7.05 Å². The molecule has 0 spiro atoms. The Balaban J connectivity index is 1.33. The second-order valence-electron chi connectivity index (χ2n) is 8.72. The summed E-state index contributed by atoms with van der Waals surface area (Å²) in [5, 5.41) is 10.5. The first-order chi connectivity index (χ1) is 18.3. The molecule has 2 N–H and O–H groups in total. The van der Waals surface area contributed by atoms with Gasteiger partial charge in [-0.15, -0.1) is 0 Å². The summed E-state index contributed by atoms with van der Waals surface area (Å²) in [6.07, 6.45) is 3.79. The molecule has 5 aromatic rings. The number of nitrogens with one attached hydrogen (secondary N) is 2. The van der Waals surface area contributed by atoms with Gasteiger partial charge in [-0.3, -0.25) is 4.98 Å². The predicted octanol–water partition coefficient (Wildman–Crippen LogP) is 4.96. The summed E-state index contributed by atoms with van der Waals surface area (Å²) in [7, 11) is 1.67. The van der Waals surface area contributed by atoms with Gasteiger partial charge >= 0.3 is 6.18 Å². The molecule has 1 aliphatic rings. The minimum Gasteiger partial charge on any atom is -0.489 e. The minimum absolute atomic E-state index is 0.115. The summed E-state index contributed by atoms with van der Waals surface area (Å²) in [6.45, 7) is 1.33. The standard InChI is InChI=1S/C24H20ClF3N8O2/c1-35-21-20(25)19(38-18-12-32-36-5-4-30-10-17(18)36)11-31-22(21)34-23(35)33-14-6-13(24(26,27)28)7-16(8-14)37-15-2-3-29-9-15/h4-8,10-12,15,29H,2-3,9H2,1H3,(H,31,33,34)/t15-/m1/s1. The van der Waals surface area contributed by atoms with Crippen molar-refractivity contribution >= 4 is 39.9 Å². The number of alkyl halides is 3. The fraction of sp³-hybridized carbons (Fsp3) is 0.250. The molecule has 0 radical (unpaired) electrons. The summed E-state index contributed by atoms with van der Waals surface area (Å²) in [4.78, 5) is 12.8. The zero-order valence-electron chi connectivity index (χ0n) is 19.8. The molecule has 0 aliphatic carbocycles. The molecule has 4 aromatic heterocycles. The van der Waals surface area contributed by atoms with E-state index >= 15 is 0 Å². The number of halogens is 4. The minimum atomic E-state index is -4.55. The molecule has 1 atom stereocenters. The maximum absolute atomic E-state index is 13.6. The first kappa shape index (κ1) is 24.2. The number of hydrogen-bond acceptors (Lipinski definition) is 8. The van der Waals surface area contributed by atoms with Gasteiger partial charge in [0.15, 0.2) is 17.1 Å². The van der Waals surface area contributed by atoms with Crippen LogP contribution >= 0.6 is 11.6 Å². The van der Waals surface area contributed by atoms with Crippen molar-refractivity contribution in [1.29, 1.82) is 0 Å². The Kier molecular flexibility index (Phi) is 5.95. The van der Waals surface area contributed by atoms with Crippen molar-refractivity contribution in [3.8, 4) is 17.2 Å². The normalized spacial score (nSPS) is 15.9. The number of fused-ring (bicyclic) bond motifs is 2. The molecule has 5 heterocycles. The first-order valence-corrected chi connectivity index (χ1v) is 12.0. The number of aryl methyl sites for hydroxylation is 1. The van der Waals surface area contributed by atoms with Crippen LogP contribution in [0, 0.1) is 0 Å². The van der Waals surface area contributed by atoms with E-state index < -0.39 is 11.7 Å². The number of aromatic nitrogens is 6. The molecule has 0 bridgehead atoms. The van der Waals surface area contributed by atoms with Crippen LogP contribution in [-0.2, 0) is 13.2 Å². The average Bonchev–Trinajstić information content (AvgIpc) is 3.61. The van der Waals surface area contributed by atoms with E-state index in [0.717, 1.165) is 18.7 Å². The molecule has 0 saturated carbocycles. The Bertz CT molecular complexity index is 1650. The molecule has 6 rings (SSSR count). The highest BCUT2D eigenvalue weighted by Gasteiger charge is 2.32. The molecular weight excluding hydrogens is 525 g/mol. The van der Waals surface area contributed by atoms with Crippen LogP contribution in [0.1, 0.15) is 12.0 Å². The van der Waals surface area contributed by atoms with Gasteiger partial charge in [0, 0.05) is 37.7 Å². The fourth-order valence-corrected chi connectivity index (χ4v) is 4.56. The first-order valence-electron chi connectivity index (χ1n) is 11.6. The van der Waals surface area contributed by atoms with Gasteiger partial charge in [0.2, 0.25) is 5.95 Å². The number of ether oxygens (including phenoxy) is 2. The van der Waals surface area contributed by atoms with Crippen LogP contribution in [0.4, 0.5) is 24.8 Å². The molecule has 0 amide bonds. The fourth-order valence-electron chi connectivity index (χ4n) is 4.26. The Morgan fingerprint density at radius 1 is 1.16 bits per heavy atom. The molecule has 1 aromatic carbocycles. The monoisotopic (exact) mass is 544 g/mol. The third-order valence-corrected chi connectivity index (χ3v) is 6.49. The third kappa shape index (κ3) is 4.54. The summed E-state index contributed by atoms with van der Waals surface area (Å²) in [5.41, 5.74) is 0.672. The number of rotatable bonds is 6. The maximum Gasteiger partial charge on any atom is 0.416 e. The second kappa shape index (κ2) is 9.33. The van der Waals surface area contributed by atoms with Crippen molar-refractivity contribution in [2.45, 2.75) is 18.7 Å². The van der Waals surface area contributed by atoms with Gasteiger partial charge in [-0.05, 0) is 25.1 Å². The number of hydrogen-bond donors (Lipinski definition) is 2. The Hall–Kier alpha value is -4.10. The van der Waals surface area contributed by atoms with E-state index in [1.807, 2.05) is 0 Å². The molecule has 10 nitrogen and oxygen atoms in total. The molecule has 1 fully saturated rings. The van der Waals surface area contributed by atoms with E-state index in [1.54, 1.807) is 34.7 Å². The van der Waals surface area contributed by atoms with Crippen LogP contribution in [0.3, 0.4) is 0 Å². The SMILES string of the molecule is Cn1c(Nc2cc(O[C@@H]3CCNC3)cc(C(F)(F)F)c2)nc2ncc(Oc3cnn4ccncc34)c(Cl)c21. The molecule has 38 heavy (non-hydrogen) atoms. The van der Waals surface area contributed by atoms with E-state index in [1.165, 1.54) is 18.5 Å². The highest BCUT2D eigenvalue weighted by Crippen LogP contribution is 2.38. The van der Waals surface area contributed by atoms with Gasteiger partial charge in [-0.25, -0.2) is 9.50 Å². The molecule has 196 valence electrons. The largest absolute Gasteiger partial charge is 0.489 e. The van der Waals surface area contributed by atoms with Gasteiger partial charge < -0.3 is 24.7 Å². The van der Waals surface area contributed by atoms with E-state index in [4.69, 9.17) is 21.1 Å². The van der Waals surface area contributed by atoms with Gasteiger partial charge in [0.25, 0.3) is 0 Å². The lowest BCUT2D eigenvalue weighted by atomic mass is 10.1. The molecule has 1 saturated heterocycles. The maximum atomic E-state index is 13.6. The van der Waals surface area contributed by atoms with Crippen LogP contribution in [0.2, 0.25) is 5.02 Å². The highest BCUT2D eigenvalue weighted by molar-refractivity contribution is 6.36. The smallest absolute Gasteiger partial charge is 0.416 e. The van der Waals surface area contributed by atoms with Gasteiger partial charge in [-0.1, -0.05) is 11.6 Å². The third-order valence-electron chi connectivity index (χ3n) is 6.12. The summed E-state index contributed by atoms with van der Waals surface area (Å²) >= 11 is 6.67. The van der Waals surface area contributed by atoms with Crippen LogP contribution in [0.25, 0.3) is 16.7 Å². The predicted molar refractivity (Wildman–Crippen MR) is 133 cm³/mol. The van der Waals surface area contributed by atoms with Crippen molar-refractivity contribution < 1.29 is 22.6 Å². The van der Waals surface area contributed by atoms with E-state index in [2.05, 4.69) is 30.7 Å². The Morgan fingerprint density at radius 2 is 2.03 bits per heavy atom. The molecule has 1 aliphatic heterocycles. The lowest BCUT2D eigenvalue weighted by Crippen LogP contribution is -2.20. The van der Waals surface area contributed by atoms with Crippen LogP contribution in [0.5, 0.6) is 17.2 Å². The zero-order valence-corrected chi connectivity index (χ0v) is 20.6. The molecule has 14 heteroatoms. The van der Waals surface area contributed by atoms with Gasteiger partial charge in [0.05, 0.1) is 24.2 Å². The summed E-state index contributed by atoms with van der Waals surface area (Å²) in [5.74, 6) is 1.03. The van der Waals surface area contributed by atoms with Crippen molar-refractivity contribution in [2.75, 3.05) is 18.4 Å². The molecular formula is C24H20ClF3N8O2. The van der Waals surface area contributed by atoms with Crippen LogP contribution in [-0.4, -0.2) is 48.3 Å². The molecule has 0 unspecified atom stereocenters. The van der Waals surface area contributed by atoms with Gasteiger partial charge in [-0.2, -0.15) is 23.3 Å². The Labute approximate surface area is 218 Å². The Morgan fingerprint density at radius 3 is 2.82 bits per heavy atom. The number of anilines is 2. The van der Waals surface area contributed by atoms with Crippen LogP contribution < -0.4 is 20.1 Å². The van der Waals surface area contributed by atoms with Crippen molar-refractivity contribution in [3.63, 3.8) is 0 Å². The van der Waals surface area contributed by atoms with Crippen molar-refractivity contribution in [1.82, 2.24) is 34.4 Å². The van der Waals surface area contributed by atoms with E-state index in [0.29, 0.717) is 29.7 Å². The quantitative estimate of drug-likeness (QED) is 0.309. The average molecular weight is 545 g/mol. The van der Waals surface area contributed by atoms with Crippen molar-refractivity contribution in [3.05, 3.63) is 59.8 Å². The number of pyridine rings is 1. The second-order valence-corrected chi connectivity index (χ2v) is 9.10. The number of nitrogens with zero attached hydrogens (tertiary/aromatic N) is 6. The lowest BCUT2D eigenvalue weighted by Gasteiger charge is -2.17.